The second-order valence-electron chi connectivity index (χ2n) is 4.71. The van der Waals surface area contributed by atoms with Crippen molar-refractivity contribution in [1.82, 2.24) is 4.98 Å². The number of anilines is 1. The summed E-state index contributed by atoms with van der Waals surface area (Å²) < 4.78 is 1.06. The minimum atomic E-state index is 0.00853. The first-order valence-electron chi connectivity index (χ1n) is 6.09. The van der Waals surface area contributed by atoms with Gasteiger partial charge in [0.2, 0.25) is 0 Å². The van der Waals surface area contributed by atoms with Crippen molar-refractivity contribution in [3.8, 4) is 0 Å². The molecule has 1 heterocycles. The van der Waals surface area contributed by atoms with Gasteiger partial charge >= 0.3 is 0 Å². The highest BCUT2D eigenvalue weighted by Gasteiger charge is 2.13. The van der Waals surface area contributed by atoms with E-state index in [1.807, 2.05) is 37.1 Å². The smallest absolute Gasteiger partial charge is 0.136 e. The van der Waals surface area contributed by atoms with E-state index >= 15 is 0 Å². The third-order valence-electron chi connectivity index (χ3n) is 3.17. The summed E-state index contributed by atoms with van der Waals surface area (Å²) in [4.78, 5) is 6.50. The lowest BCUT2D eigenvalue weighted by Crippen LogP contribution is -2.32. The van der Waals surface area contributed by atoms with E-state index in [0.717, 1.165) is 21.1 Å². The lowest BCUT2D eigenvalue weighted by Gasteiger charge is -2.23. The molecule has 0 saturated heterocycles. The van der Waals surface area contributed by atoms with E-state index in [4.69, 9.17) is 11.1 Å². The quantitative estimate of drug-likeness (QED) is 0.672. The number of fused-ring (bicyclic) bond motifs is 1. The normalized spacial score (nSPS) is 12.4. The molecular formula is C14H17BrN4. The average molecular weight is 321 g/mol. The molecule has 0 saturated carbocycles. The summed E-state index contributed by atoms with van der Waals surface area (Å²) >= 11 is 3.55. The second kappa shape index (κ2) is 5.57. The van der Waals surface area contributed by atoms with Gasteiger partial charge in [0, 0.05) is 41.0 Å². The number of hydrogen-bond donors (Lipinski definition) is 2. The van der Waals surface area contributed by atoms with Crippen LogP contribution in [0, 0.1) is 11.3 Å². The number of halogens is 1. The van der Waals surface area contributed by atoms with Crippen LogP contribution in [-0.4, -0.2) is 24.4 Å². The summed E-state index contributed by atoms with van der Waals surface area (Å²) in [5.74, 6) is 1.12. The Morgan fingerprint density at radius 1 is 1.42 bits per heavy atom. The minimum Gasteiger partial charge on any atom is -0.387 e. The number of nitrogens with one attached hydrogen (secondary N) is 1. The number of rotatable bonds is 4. The third kappa shape index (κ3) is 2.87. The van der Waals surface area contributed by atoms with Crippen molar-refractivity contribution in [2.45, 2.75) is 6.92 Å². The van der Waals surface area contributed by atoms with Gasteiger partial charge < -0.3 is 10.6 Å². The standard InChI is InChI=1S/C14H17BrN4/c1-9(13(16)17)8-19(2)14-11-4-3-5-12(15)10(11)6-7-18-14/h3-7,9H,8H2,1-2H3,(H3,16,17). The van der Waals surface area contributed by atoms with Crippen molar-refractivity contribution < 1.29 is 0 Å². The Bertz CT molecular complexity index is 611. The Kier molecular flexibility index (Phi) is 4.04. The van der Waals surface area contributed by atoms with E-state index in [1.165, 1.54) is 0 Å². The van der Waals surface area contributed by atoms with Crippen molar-refractivity contribution in [3.05, 3.63) is 34.9 Å². The van der Waals surface area contributed by atoms with Gasteiger partial charge in [-0.3, -0.25) is 5.41 Å². The molecule has 19 heavy (non-hydrogen) atoms. The van der Waals surface area contributed by atoms with Crippen LogP contribution in [0.3, 0.4) is 0 Å². The zero-order valence-corrected chi connectivity index (χ0v) is 12.6. The molecule has 1 aromatic carbocycles. The van der Waals surface area contributed by atoms with Gasteiger partial charge in [-0.25, -0.2) is 4.98 Å². The van der Waals surface area contributed by atoms with Crippen LogP contribution in [0.4, 0.5) is 5.82 Å². The Labute approximate surface area is 121 Å². The summed E-state index contributed by atoms with van der Waals surface area (Å²) in [5, 5.41) is 9.70. The van der Waals surface area contributed by atoms with E-state index in [2.05, 4.69) is 27.0 Å². The van der Waals surface area contributed by atoms with Gasteiger partial charge in [-0.05, 0) is 12.1 Å². The molecule has 0 spiro atoms. The molecule has 2 aromatic rings. The van der Waals surface area contributed by atoms with Gasteiger partial charge in [-0.2, -0.15) is 0 Å². The largest absolute Gasteiger partial charge is 0.387 e. The summed E-state index contributed by atoms with van der Waals surface area (Å²) in [7, 11) is 1.97. The molecular weight excluding hydrogens is 304 g/mol. The molecule has 0 aliphatic carbocycles. The zero-order valence-electron chi connectivity index (χ0n) is 11.0. The van der Waals surface area contributed by atoms with E-state index in [-0.39, 0.29) is 11.8 Å². The summed E-state index contributed by atoms with van der Waals surface area (Å²) in [6.45, 7) is 2.62. The third-order valence-corrected chi connectivity index (χ3v) is 3.86. The van der Waals surface area contributed by atoms with Crippen LogP contribution in [0.2, 0.25) is 0 Å². The highest BCUT2D eigenvalue weighted by atomic mass is 79.9. The van der Waals surface area contributed by atoms with Crippen LogP contribution in [0.25, 0.3) is 10.8 Å². The molecule has 2 rings (SSSR count). The van der Waals surface area contributed by atoms with Crippen LogP contribution >= 0.6 is 15.9 Å². The van der Waals surface area contributed by atoms with E-state index in [0.29, 0.717) is 6.54 Å². The average Bonchev–Trinajstić information content (AvgIpc) is 2.38. The Morgan fingerprint density at radius 2 is 2.16 bits per heavy atom. The van der Waals surface area contributed by atoms with Crippen molar-refractivity contribution in [3.63, 3.8) is 0 Å². The summed E-state index contributed by atoms with van der Waals surface area (Å²) in [6, 6.07) is 8.06. The molecule has 0 aliphatic rings. The van der Waals surface area contributed by atoms with Gasteiger partial charge in [0.15, 0.2) is 0 Å². The number of nitrogens with zero attached hydrogens (tertiary/aromatic N) is 2. The van der Waals surface area contributed by atoms with Crippen LogP contribution in [0.5, 0.6) is 0 Å². The van der Waals surface area contributed by atoms with Crippen LogP contribution in [-0.2, 0) is 0 Å². The molecule has 1 atom stereocenters. The predicted octanol–water partition coefficient (Wildman–Crippen LogP) is 3.01. The molecule has 0 amide bonds. The first-order chi connectivity index (χ1) is 9.00. The molecule has 0 bridgehead atoms. The van der Waals surface area contributed by atoms with E-state index in [1.54, 1.807) is 6.20 Å². The minimum absolute atomic E-state index is 0.00853. The Balaban J connectivity index is 2.40. The molecule has 0 aliphatic heterocycles. The van der Waals surface area contributed by atoms with Crippen LogP contribution < -0.4 is 10.6 Å². The van der Waals surface area contributed by atoms with Gasteiger partial charge in [0.25, 0.3) is 0 Å². The molecule has 1 aromatic heterocycles. The van der Waals surface area contributed by atoms with Crippen molar-refractivity contribution in [1.29, 1.82) is 5.41 Å². The molecule has 100 valence electrons. The van der Waals surface area contributed by atoms with Gasteiger partial charge in [0.1, 0.15) is 5.82 Å². The van der Waals surface area contributed by atoms with Gasteiger partial charge in [0.05, 0.1) is 5.84 Å². The van der Waals surface area contributed by atoms with Gasteiger partial charge in [-0.15, -0.1) is 0 Å². The molecule has 1 unspecified atom stereocenters. The monoisotopic (exact) mass is 320 g/mol. The number of benzene rings is 1. The fraction of sp³-hybridized carbons (Fsp3) is 0.286. The van der Waals surface area contributed by atoms with Crippen LogP contribution in [0.1, 0.15) is 6.92 Å². The SMILES string of the molecule is CC(CN(C)c1nccc2c(Br)cccc12)C(=N)N. The zero-order chi connectivity index (χ0) is 14.0. The Hall–Kier alpha value is -1.62. The number of amidine groups is 1. The first kappa shape index (κ1) is 13.8. The maximum Gasteiger partial charge on any atom is 0.136 e. The lowest BCUT2D eigenvalue weighted by molar-refractivity contribution is 0.725. The number of pyridine rings is 1. The molecule has 4 nitrogen and oxygen atoms in total. The molecule has 3 N–H and O–H groups in total. The van der Waals surface area contributed by atoms with Crippen molar-refractivity contribution in [2.24, 2.45) is 11.7 Å². The molecule has 0 fully saturated rings. The van der Waals surface area contributed by atoms with Crippen LogP contribution in [0.15, 0.2) is 34.9 Å². The topological polar surface area (TPSA) is 66.0 Å². The predicted molar refractivity (Wildman–Crippen MR) is 83.8 cm³/mol. The first-order valence-corrected chi connectivity index (χ1v) is 6.88. The Morgan fingerprint density at radius 3 is 2.84 bits per heavy atom. The van der Waals surface area contributed by atoms with Crippen molar-refractivity contribution >= 4 is 38.4 Å². The summed E-state index contributed by atoms with van der Waals surface area (Å²) in [6.07, 6.45) is 1.80. The lowest BCUT2D eigenvalue weighted by atomic mass is 10.1. The fourth-order valence-electron chi connectivity index (χ4n) is 2.05. The van der Waals surface area contributed by atoms with Gasteiger partial charge in [-0.1, -0.05) is 35.0 Å². The second-order valence-corrected chi connectivity index (χ2v) is 5.56. The maximum atomic E-state index is 7.48. The fourth-order valence-corrected chi connectivity index (χ4v) is 2.55. The highest BCUT2D eigenvalue weighted by Crippen LogP contribution is 2.29. The maximum absolute atomic E-state index is 7.48. The van der Waals surface area contributed by atoms with E-state index < -0.39 is 0 Å². The number of aromatic nitrogens is 1. The summed E-state index contributed by atoms with van der Waals surface area (Å²) in [5.41, 5.74) is 5.53. The molecule has 5 heteroatoms. The molecule has 0 radical (unpaired) electrons. The number of nitrogens with two attached hydrogens (primary N) is 1. The van der Waals surface area contributed by atoms with Crippen molar-refractivity contribution in [2.75, 3.05) is 18.5 Å². The van der Waals surface area contributed by atoms with E-state index in [9.17, 15) is 0 Å². The number of hydrogen-bond acceptors (Lipinski definition) is 3. The highest BCUT2D eigenvalue weighted by molar-refractivity contribution is 9.10.